The largest absolute Gasteiger partial charge is 0.416 e. The van der Waals surface area contributed by atoms with Crippen molar-refractivity contribution >= 4 is 32.4 Å². The molecular formula is C48H71F3OP2. The van der Waals surface area contributed by atoms with Gasteiger partial charge in [0, 0.05) is 16.2 Å². The van der Waals surface area contributed by atoms with Gasteiger partial charge in [0.1, 0.15) is 5.48 Å². The number of alkyl halides is 3. The lowest BCUT2D eigenvalue weighted by Crippen LogP contribution is -2.33. The second kappa shape index (κ2) is 16.1. The van der Waals surface area contributed by atoms with Gasteiger partial charge < -0.3 is 4.52 Å². The minimum Gasteiger partial charge on any atom is -0.314 e. The summed E-state index contributed by atoms with van der Waals surface area (Å²) < 4.78 is 49.4. The number of hydrogen-bond donors (Lipinski definition) is 0. The van der Waals surface area contributed by atoms with Gasteiger partial charge in [0.2, 0.25) is 0 Å². The van der Waals surface area contributed by atoms with Crippen LogP contribution in [0.5, 0.6) is 0 Å². The summed E-state index contributed by atoms with van der Waals surface area (Å²) in [6.07, 6.45) is -1.57. The molecule has 1 unspecified atom stereocenters. The second-order valence-electron chi connectivity index (χ2n) is 21.4. The van der Waals surface area contributed by atoms with Crippen LogP contribution >= 0.6 is 16.4 Å². The molecule has 1 nitrogen and oxygen atoms in total. The lowest BCUT2D eigenvalue weighted by atomic mass is 9.75. The van der Waals surface area contributed by atoms with Crippen molar-refractivity contribution < 1.29 is 17.7 Å². The van der Waals surface area contributed by atoms with E-state index in [1.165, 1.54) is 56.1 Å². The fraction of sp³-hybridized carbons (Fsp3) is 0.604. The van der Waals surface area contributed by atoms with Gasteiger partial charge in [-0.2, -0.15) is 13.2 Å². The van der Waals surface area contributed by atoms with E-state index < -0.39 is 19.9 Å². The van der Waals surface area contributed by atoms with Gasteiger partial charge in [-0.05, 0) is 98.8 Å². The Bertz CT molecular complexity index is 1720. The molecule has 300 valence electrons. The molecule has 6 heteroatoms. The van der Waals surface area contributed by atoms with Crippen molar-refractivity contribution in [2.24, 2.45) is 0 Å². The third-order valence-corrected chi connectivity index (χ3v) is 13.5. The maximum Gasteiger partial charge on any atom is 0.416 e. The van der Waals surface area contributed by atoms with Gasteiger partial charge in [-0.1, -0.05) is 174 Å². The minimum atomic E-state index is -4.43. The number of hydrogen-bond acceptors (Lipinski definition) is 1. The Morgan fingerprint density at radius 1 is 0.537 bits per heavy atom. The van der Waals surface area contributed by atoms with Crippen molar-refractivity contribution in [2.75, 3.05) is 6.16 Å². The van der Waals surface area contributed by atoms with Crippen LogP contribution in [-0.2, 0) is 43.2 Å². The SMILES string of the molecule is CCCCP(OC(=Pc1c(C(C)(C)C)cc(C(C)(C)C)cc1C(C)(C)C)c1ccc(C(F)(F)F)cc1)c1c(C(C)(C)C)cc(C(C)(C)C)cc1C(C)(C)C. The van der Waals surface area contributed by atoms with Crippen molar-refractivity contribution in [1.29, 1.82) is 0 Å². The molecule has 0 N–H and O–H groups in total. The molecule has 0 amide bonds. The van der Waals surface area contributed by atoms with Gasteiger partial charge in [0.05, 0.1) is 13.7 Å². The maximum atomic E-state index is 13.9. The normalized spacial score (nSPS) is 14.8. The molecule has 3 aromatic rings. The summed E-state index contributed by atoms with van der Waals surface area (Å²) in [5.74, 6) is 0. The quantitative estimate of drug-likeness (QED) is 0.207. The Morgan fingerprint density at radius 2 is 0.907 bits per heavy atom. The molecule has 0 spiro atoms. The first kappa shape index (κ1) is 46.4. The summed E-state index contributed by atoms with van der Waals surface area (Å²) >= 11 is 0. The topological polar surface area (TPSA) is 9.23 Å². The maximum absolute atomic E-state index is 13.9. The number of unbranched alkanes of at least 4 members (excludes halogenated alkanes) is 1. The zero-order valence-corrected chi connectivity index (χ0v) is 39.0. The van der Waals surface area contributed by atoms with Crippen LogP contribution in [0.25, 0.3) is 0 Å². The molecule has 54 heavy (non-hydrogen) atoms. The standard InChI is InChI=1S/C48H71F3OP2/c1-20-21-26-54(40-37(46(14,15)16)29-34(43(5,6)7)30-38(40)47(17,18)19)52-41(31-22-24-32(25-23-31)48(49,50)51)53-39-35(44(8,9)10)27-33(42(2,3)4)28-36(39)45(11,12)13/h22-25,27-30H,20-21,26H2,1-19H3. The fourth-order valence-corrected chi connectivity index (χ4v) is 11.1. The van der Waals surface area contributed by atoms with Crippen LogP contribution in [0.15, 0.2) is 48.5 Å². The molecular weight excluding hydrogens is 711 g/mol. The van der Waals surface area contributed by atoms with Crippen molar-refractivity contribution in [2.45, 2.75) is 183 Å². The number of benzene rings is 3. The lowest BCUT2D eigenvalue weighted by Gasteiger charge is -2.36. The third kappa shape index (κ3) is 11.5. The third-order valence-electron chi connectivity index (χ3n) is 10.0. The highest BCUT2D eigenvalue weighted by Crippen LogP contribution is 2.48. The van der Waals surface area contributed by atoms with Gasteiger partial charge in [-0.3, -0.25) is 0 Å². The molecule has 0 aliphatic heterocycles. The highest BCUT2D eigenvalue weighted by atomic mass is 31.1. The van der Waals surface area contributed by atoms with Crippen molar-refractivity contribution in [1.82, 2.24) is 0 Å². The molecule has 0 fully saturated rings. The Morgan fingerprint density at radius 3 is 1.22 bits per heavy atom. The predicted octanol–water partition coefficient (Wildman–Crippen LogP) is 14.8. The summed E-state index contributed by atoms with van der Waals surface area (Å²) in [4.78, 5) is 0. The van der Waals surface area contributed by atoms with E-state index in [4.69, 9.17) is 4.52 Å². The molecule has 0 heterocycles. The molecule has 3 aromatic carbocycles. The Kier molecular flexibility index (Phi) is 13.8. The van der Waals surface area contributed by atoms with E-state index in [2.05, 4.69) is 156 Å². The van der Waals surface area contributed by atoms with Gasteiger partial charge in [-0.25, -0.2) is 0 Å². The Labute approximate surface area is 331 Å². The average molecular weight is 783 g/mol. The van der Waals surface area contributed by atoms with Crippen LogP contribution in [0.4, 0.5) is 13.2 Å². The van der Waals surface area contributed by atoms with Gasteiger partial charge in [0.15, 0.2) is 0 Å². The van der Waals surface area contributed by atoms with Crippen molar-refractivity contribution in [3.8, 4) is 0 Å². The van der Waals surface area contributed by atoms with E-state index in [1.54, 1.807) is 12.1 Å². The van der Waals surface area contributed by atoms with Crippen molar-refractivity contribution in [3.63, 3.8) is 0 Å². The Balaban J connectivity index is 2.60. The van der Waals surface area contributed by atoms with Crippen LogP contribution in [0.2, 0.25) is 0 Å². The van der Waals surface area contributed by atoms with Gasteiger partial charge in [0.25, 0.3) is 0 Å². The molecule has 0 aromatic heterocycles. The van der Waals surface area contributed by atoms with E-state index in [0.717, 1.165) is 27.2 Å². The summed E-state index contributed by atoms with van der Waals surface area (Å²) in [6.45, 7) is 43.1. The molecule has 1 atom stereocenters. The van der Waals surface area contributed by atoms with Crippen LogP contribution in [-0.4, -0.2) is 11.6 Å². The van der Waals surface area contributed by atoms with E-state index in [0.29, 0.717) is 11.0 Å². The van der Waals surface area contributed by atoms with E-state index in [-0.39, 0.29) is 32.5 Å². The van der Waals surface area contributed by atoms with Gasteiger partial charge >= 0.3 is 6.18 Å². The lowest BCUT2D eigenvalue weighted by molar-refractivity contribution is -0.137. The number of halogens is 3. The molecule has 0 saturated carbocycles. The summed E-state index contributed by atoms with van der Waals surface area (Å²) in [7, 11) is -0.381. The van der Waals surface area contributed by atoms with E-state index >= 15 is 0 Å². The highest BCUT2D eigenvalue weighted by molar-refractivity contribution is 7.63. The van der Waals surface area contributed by atoms with Crippen LogP contribution in [0.1, 0.15) is 189 Å². The minimum absolute atomic E-state index is 0.0480. The Hall–Kier alpha value is -1.99. The molecule has 0 saturated heterocycles. The monoisotopic (exact) mass is 782 g/mol. The average Bonchev–Trinajstić information content (AvgIpc) is 2.98. The van der Waals surface area contributed by atoms with E-state index in [9.17, 15) is 13.2 Å². The zero-order chi connectivity index (χ0) is 41.6. The number of rotatable bonds is 8. The first-order valence-electron chi connectivity index (χ1n) is 19.8. The first-order chi connectivity index (χ1) is 24.2. The smallest absolute Gasteiger partial charge is 0.314 e. The fourth-order valence-electron chi connectivity index (χ4n) is 6.46. The predicted molar refractivity (Wildman–Crippen MR) is 235 cm³/mol. The summed E-state index contributed by atoms with van der Waals surface area (Å²) in [5, 5.41) is 2.46. The molecule has 0 radical (unpaired) electrons. The van der Waals surface area contributed by atoms with Crippen molar-refractivity contribution in [3.05, 3.63) is 93.0 Å². The van der Waals surface area contributed by atoms with Gasteiger partial charge in [-0.15, -0.1) is 0 Å². The summed E-state index contributed by atoms with van der Waals surface area (Å²) in [5.41, 5.74) is 7.59. The van der Waals surface area contributed by atoms with Crippen LogP contribution < -0.4 is 10.6 Å². The molecule has 3 rings (SSSR count). The van der Waals surface area contributed by atoms with Crippen LogP contribution in [0, 0.1) is 0 Å². The highest BCUT2D eigenvalue weighted by Gasteiger charge is 2.35. The molecule has 0 bridgehead atoms. The summed E-state index contributed by atoms with van der Waals surface area (Å²) in [6, 6.07) is 15.2. The second-order valence-corrected chi connectivity index (χ2v) is 24.3. The van der Waals surface area contributed by atoms with Crippen LogP contribution in [0.3, 0.4) is 0 Å². The zero-order valence-electron chi connectivity index (χ0n) is 37.2. The molecule has 0 aliphatic rings. The molecule has 0 aliphatic carbocycles. The first-order valence-corrected chi connectivity index (χ1v) is 22.1. The van der Waals surface area contributed by atoms with E-state index in [1.807, 2.05) is 0 Å².